The van der Waals surface area contributed by atoms with E-state index in [0.717, 1.165) is 37.7 Å². The van der Waals surface area contributed by atoms with Gasteiger partial charge in [0.25, 0.3) is 0 Å². The van der Waals surface area contributed by atoms with E-state index in [4.69, 9.17) is 17.3 Å². The van der Waals surface area contributed by atoms with Crippen LogP contribution in [0.4, 0.5) is 0 Å². The van der Waals surface area contributed by atoms with Gasteiger partial charge in [-0.1, -0.05) is 23.8 Å². The fourth-order valence-corrected chi connectivity index (χ4v) is 4.14. The number of rotatable bonds is 6. The molecule has 2 aliphatic heterocycles. The lowest BCUT2D eigenvalue weighted by atomic mass is 9.98. The molecule has 0 aromatic carbocycles. The molecule has 2 saturated heterocycles. The quantitative estimate of drug-likeness (QED) is 0.567. The molecule has 2 unspecified atom stereocenters. The summed E-state index contributed by atoms with van der Waals surface area (Å²) in [6.45, 7) is 2.96. The highest BCUT2D eigenvalue weighted by molar-refractivity contribution is 6.31. The van der Waals surface area contributed by atoms with Crippen molar-refractivity contribution < 1.29 is 14.4 Å². The maximum Gasteiger partial charge on any atom is 0.245 e. The van der Waals surface area contributed by atoms with Gasteiger partial charge >= 0.3 is 0 Å². The maximum atomic E-state index is 12.2. The van der Waals surface area contributed by atoms with E-state index in [1.165, 1.54) is 0 Å². The Labute approximate surface area is 177 Å². The third-order valence-electron chi connectivity index (χ3n) is 5.34. The number of amides is 3. The number of allylic oxidation sites excluding steroid dienone is 4. The number of nitrogens with zero attached hydrogens (tertiary/aromatic N) is 1. The molecule has 7 nitrogen and oxygen atoms in total. The molecule has 3 amide bonds. The number of piperidine rings is 1. The number of nitrogens with two attached hydrogens (primary N) is 1. The van der Waals surface area contributed by atoms with Crippen LogP contribution in [0.3, 0.4) is 0 Å². The van der Waals surface area contributed by atoms with E-state index < -0.39 is 0 Å². The maximum absolute atomic E-state index is 12.2. The lowest BCUT2D eigenvalue weighted by molar-refractivity contribution is -0.141. The van der Waals surface area contributed by atoms with Crippen LogP contribution in [0.2, 0.25) is 0 Å². The van der Waals surface area contributed by atoms with Crippen molar-refractivity contribution in [2.24, 2.45) is 5.73 Å². The average Bonchev–Trinajstić information content (AvgIpc) is 2.94. The van der Waals surface area contributed by atoms with Crippen LogP contribution in [0.1, 0.15) is 45.4 Å². The summed E-state index contributed by atoms with van der Waals surface area (Å²) >= 11 is 5.81. The first-order valence-corrected chi connectivity index (χ1v) is 10.6. The van der Waals surface area contributed by atoms with Crippen molar-refractivity contribution >= 4 is 29.8 Å². The van der Waals surface area contributed by atoms with Crippen LogP contribution >= 0.6 is 11.6 Å². The molecule has 29 heavy (non-hydrogen) atoms. The second-order valence-electron chi connectivity index (χ2n) is 7.51. The molecule has 8 heteroatoms. The molecule has 0 spiro atoms. The summed E-state index contributed by atoms with van der Waals surface area (Å²) in [5, 5.41) is 6.08. The smallest absolute Gasteiger partial charge is 0.245 e. The summed E-state index contributed by atoms with van der Waals surface area (Å²) in [6, 6.07) is 0.396. The highest BCUT2D eigenvalue weighted by Gasteiger charge is 2.41. The monoisotopic (exact) mass is 422 g/mol. The standard InChI is InChI=1S/C12H21N3O2.C9H10ClNO/c1-8-2-3-9-4-5-10(12(17)15(8)9)14-11(16)6-7-13;10-9-4-2-1-3-8(5-9)6-11-7-12/h8-10H,2-7,13H2,1H3,(H,14,16);2-5,7H,1,6H2,(H,11,12)/t8-,9?,10?;/m1./s1. The summed E-state index contributed by atoms with van der Waals surface area (Å²) in [6.07, 6.45) is 13.5. The van der Waals surface area contributed by atoms with Crippen molar-refractivity contribution in [2.75, 3.05) is 13.1 Å². The van der Waals surface area contributed by atoms with Gasteiger partial charge in [0, 0.05) is 36.6 Å². The van der Waals surface area contributed by atoms with E-state index in [1.807, 2.05) is 29.2 Å². The molecule has 3 aliphatic rings. The van der Waals surface area contributed by atoms with Gasteiger partial charge in [0.2, 0.25) is 18.2 Å². The van der Waals surface area contributed by atoms with Crippen LogP contribution < -0.4 is 16.4 Å². The zero-order valence-corrected chi connectivity index (χ0v) is 17.7. The number of nitrogens with one attached hydrogen (secondary N) is 2. The average molecular weight is 423 g/mol. The van der Waals surface area contributed by atoms with E-state index in [1.54, 1.807) is 0 Å². The van der Waals surface area contributed by atoms with Gasteiger partial charge in [-0.15, -0.1) is 0 Å². The molecule has 1 aliphatic carbocycles. The van der Waals surface area contributed by atoms with Gasteiger partial charge in [0.05, 0.1) is 0 Å². The molecular weight excluding hydrogens is 392 g/mol. The third-order valence-corrected chi connectivity index (χ3v) is 5.57. The number of fused-ring (bicyclic) bond motifs is 1. The van der Waals surface area contributed by atoms with Gasteiger partial charge in [-0.3, -0.25) is 14.4 Å². The molecular formula is C21H31ClN4O3. The Bertz CT molecular complexity index is 689. The van der Waals surface area contributed by atoms with Gasteiger partial charge in [-0.05, 0) is 56.8 Å². The molecule has 0 bridgehead atoms. The number of hydrogen-bond donors (Lipinski definition) is 3. The minimum Gasteiger partial charge on any atom is -0.355 e. The van der Waals surface area contributed by atoms with Crippen LogP contribution in [0.25, 0.3) is 0 Å². The Morgan fingerprint density at radius 1 is 1.34 bits per heavy atom. The van der Waals surface area contributed by atoms with Crippen LogP contribution in [0.15, 0.2) is 34.9 Å². The second-order valence-corrected chi connectivity index (χ2v) is 7.94. The van der Waals surface area contributed by atoms with Crippen molar-refractivity contribution in [2.45, 2.75) is 63.6 Å². The molecule has 0 aromatic heterocycles. The van der Waals surface area contributed by atoms with E-state index >= 15 is 0 Å². The minimum absolute atomic E-state index is 0.0941. The molecule has 0 saturated carbocycles. The second kappa shape index (κ2) is 11.8. The van der Waals surface area contributed by atoms with Crippen molar-refractivity contribution in [3.8, 4) is 0 Å². The Balaban J connectivity index is 0.000000221. The van der Waals surface area contributed by atoms with E-state index in [2.05, 4.69) is 17.6 Å². The van der Waals surface area contributed by atoms with Crippen molar-refractivity contribution in [3.63, 3.8) is 0 Å². The summed E-state index contributed by atoms with van der Waals surface area (Å²) in [5.74, 6) is -0.0206. The minimum atomic E-state index is -0.328. The Kier molecular flexibility index (Phi) is 9.41. The van der Waals surface area contributed by atoms with Gasteiger partial charge < -0.3 is 21.3 Å². The predicted octanol–water partition coefficient (Wildman–Crippen LogP) is 1.73. The molecule has 3 rings (SSSR count). The fourth-order valence-electron chi connectivity index (χ4n) is 3.91. The van der Waals surface area contributed by atoms with E-state index in [0.29, 0.717) is 43.0 Å². The summed E-state index contributed by atoms with van der Waals surface area (Å²) in [7, 11) is 0. The van der Waals surface area contributed by atoms with E-state index in [9.17, 15) is 14.4 Å². The fraction of sp³-hybridized carbons (Fsp3) is 0.571. The normalized spacial score (nSPS) is 25.7. The lowest BCUT2D eigenvalue weighted by Gasteiger charge is -2.37. The molecule has 0 radical (unpaired) electrons. The van der Waals surface area contributed by atoms with Gasteiger partial charge in [0.1, 0.15) is 6.04 Å². The van der Waals surface area contributed by atoms with Crippen LogP contribution in [-0.2, 0) is 14.4 Å². The van der Waals surface area contributed by atoms with Crippen molar-refractivity contribution in [1.82, 2.24) is 15.5 Å². The number of carbonyl (C=O) groups is 3. The largest absolute Gasteiger partial charge is 0.355 e. The molecule has 0 aromatic rings. The summed E-state index contributed by atoms with van der Waals surface area (Å²) in [5.41, 5.74) is 6.36. The molecule has 160 valence electrons. The Morgan fingerprint density at radius 3 is 2.83 bits per heavy atom. The van der Waals surface area contributed by atoms with Crippen LogP contribution in [0, 0.1) is 0 Å². The van der Waals surface area contributed by atoms with Gasteiger partial charge in [-0.25, -0.2) is 0 Å². The summed E-state index contributed by atoms with van der Waals surface area (Å²) < 4.78 is 0. The third kappa shape index (κ3) is 7.01. The van der Waals surface area contributed by atoms with E-state index in [-0.39, 0.29) is 17.9 Å². The lowest BCUT2D eigenvalue weighted by Crippen LogP contribution is -2.55. The number of halogens is 1. The molecule has 3 atom stereocenters. The predicted molar refractivity (Wildman–Crippen MR) is 114 cm³/mol. The molecule has 2 fully saturated rings. The van der Waals surface area contributed by atoms with Crippen molar-refractivity contribution in [3.05, 3.63) is 34.9 Å². The zero-order chi connectivity index (χ0) is 21.2. The molecule has 2 heterocycles. The van der Waals surface area contributed by atoms with Gasteiger partial charge in [0.15, 0.2) is 0 Å². The first-order valence-electron chi connectivity index (χ1n) is 10.2. The van der Waals surface area contributed by atoms with Crippen molar-refractivity contribution in [1.29, 1.82) is 0 Å². The first kappa shape index (κ1) is 23.2. The van der Waals surface area contributed by atoms with Gasteiger partial charge in [-0.2, -0.15) is 0 Å². The highest BCUT2D eigenvalue weighted by Crippen LogP contribution is 2.32. The SMILES string of the molecule is C[C@@H]1CCC2CCC(NC(=O)CCN)C(=O)N21.O=CNCC1=CCC=CC(Cl)=C1. The van der Waals surface area contributed by atoms with Crippen LogP contribution in [-0.4, -0.2) is 54.3 Å². The first-order chi connectivity index (χ1) is 14.0. The summed E-state index contributed by atoms with van der Waals surface area (Å²) in [4.78, 5) is 35.7. The topological polar surface area (TPSA) is 105 Å². The Morgan fingerprint density at radius 2 is 2.10 bits per heavy atom. The molecule has 4 N–H and O–H groups in total. The Hall–Kier alpha value is -2.12. The number of hydrogen-bond acceptors (Lipinski definition) is 4. The highest BCUT2D eigenvalue weighted by atomic mass is 35.5. The zero-order valence-electron chi connectivity index (χ0n) is 16.9. The van der Waals surface area contributed by atoms with Crippen LogP contribution in [0.5, 0.6) is 0 Å². The number of carbonyl (C=O) groups excluding carboxylic acids is 3.